The molecule has 0 saturated carbocycles. The first-order chi connectivity index (χ1) is 11.3. The Balaban J connectivity index is 2.40. The molecule has 0 fully saturated rings. The van der Waals surface area contributed by atoms with E-state index in [1.807, 2.05) is 0 Å². The number of fused-ring (bicyclic) bond motifs is 1. The lowest BCUT2D eigenvalue weighted by Gasteiger charge is -2.20. The van der Waals surface area contributed by atoms with Gasteiger partial charge in [-0.15, -0.1) is 0 Å². The maximum atomic E-state index is 14.1. The minimum atomic E-state index is -5.00. The van der Waals surface area contributed by atoms with E-state index in [-0.39, 0.29) is 5.56 Å². The van der Waals surface area contributed by atoms with Crippen molar-refractivity contribution in [1.82, 2.24) is 0 Å². The fourth-order valence-corrected chi connectivity index (χ4v) is 2.49. The molecule has 7 heteroatoms. The molecule has 2 aromatic carbocycles. The van der Waals surface area contributed by atoms with Crippen LogP contribution in [0.25, 0.3) is 10.8 Å². The van der Waals surface area contributed by atoms with E-state index in [0.29, 0.717) is 10.8 Å². The van der Waals surface area contributed by atoms with Crippen LogP contribution in [0.1, 0.15) is 5.56 Å². The van der Waals surface area contributed by atoms with Gasteiger partial charge < -0.3 is 4.74 Å². The third-order valence-corrected chi connectivity index (χ3v) is 3.72. The van der Waals surface area contributed by atoms with Gasteiger partial charge in [0.2, 0.25) is 5.92 Å². The third kappa shape index (κ3) is 3.54. The van der Waals surface area contributed by atoms with Crippen molar-refractivity contribution in [2.24, 2.45) is 5.92 Å². The van der Waals surface area contributed by atoms with Gasteiger partial charge in [-0.25, -0.2) is 4.39 Å². The van der Waals surface area contributed by atoms with Crippen molar-refractivity contribution in [3.05, 3.63) is 47.8 Å². The average Bonchev–Trinajstić information content (AvgIpc) is 2.53. The summed E-state index contributed by atoms with van der Waals surface area (Å²) in [5.74, 6) is -4.88. The van der Waals surface area contributed by atoms with Crippen LogP contribution in [0.3, 0.4) is 0 Å². The Morgan fingerprint density at radius 1 is 1.25 bits per heavy atom. The molecule has 0 spiro atoms. The van der Waals surface area contributed by atoms with Crippen LogP contribution >= 0.6 is 0 Å². The summed E-state index contributed by atoms with van der Waals surface area (Å²) in [4.78, 5) is 12.0. The monoisotopic (exact) mass is 339 g/mol. The van der Waals surface area contributed by atoms with Crippen molar-refractivity contribution >= 4 is 16.6 Å². The Morgan fingerprint density at radius 2 is 1.92 bits per heavy atom. The van der Waals surface area contributed by atoms with E-state index >= 15 is 0 Å². The number of alkyl halides is 3. The van der Waals surface area contributed by atoms with Crippen molar-refractivity contribution in [2.45, 2.75) is 18.7 Å². The van der Waals surface area contributed by atoms with Gasteiger partial charge in [0.1, 0.15) is 11.9 Å². The number of ether oxygens (including phenoxy) is 1. The highest BCUT2D eigenvalue weighted by molar-refractivity contribution is 5.90. The molecule has 0 aromatic heterocycles. The van der Waals surface area contributed by atoms with E-state index in [2.05, 4.69) is 0 Å². The number of halogens is 4. The lowest BCUT2D eigenvalue weighted by Crippen LogP contribution is -2.38. The summed E-state index contributed by atoms with van der Waals surface area (Å²) in [6.07, 6.45) is -6.96. The number of ketones is 1. The van der Waals surface area contributed by atoms with Gasteiger partial charge in [0, 0.05) is 13.5 Å². The summed E-state index contributed by atoms with van der Waals surface area (Å²) in [6, 6.07) is 10.4. The fraction of sp³-hybridized carbons (Fsp3) is 0.294. The number of hydrogen-bond acceptors (Lipinski definition) is 3. The number of nitrogens with zero attached hydrogens (tertiary/aromatic N) is 1. The number of methoxy groups -OCH3 is 1. The fourth-order valence-electron chi connectivity index (χ4n) is 2.49. The van der Waals surface area contributed by atoms with E-state index in [0.717, 1.165) is 13.2 Å². The predicted octanol–water partition coefficient (Wildman–Crippen LogP) is 3.81. The molecule has 0 amide bonds. The number of rotatable bonds is 5. The second-order valence-corrected chi connectivity index (χ2v) is 5.18. The summed E-state index contributed by atoms with van der Waals surface area (Å²) < 4.78 is 57.3. The lowest BCUT2D eigenvalue weighted by atomic mass is 9.93. The van der Waals surface area contributed by atoms with Crippen LogP contribution in [0, 0.1) is 23.1 Å². The zero-order chi connectivity index (χ0) is 17.9. The highest BCUT2D eigenvalue weighted by atomic mass is 19.4. The minimum Gasteiger partial charge on any atom is -0.373 e. The molecular formula is C17H13F4NO2. The topological polar surface area (TPSA) is 50.1 Å². The molecule has 0 N–H and O–H groups in total. The van der Waals surface area contributed by atoms with Crippen molar-refractivity contribution in [3.8, 4) is 6.07 Å². The van der Waals surface area contributed by atoms with Gasteiger partial charge >= 0.3 is 6.18 Å². The first-order valence-electron chi connectivity index (χ1n) is 6.98. The zero-order valence-corrected chi connectivity index (χ0v) is 12.6. The van der Waals surface area contributed by atoms with E-state index < -0.39 is 36.2 Å². The van der Waals surface area contributed by atoms with Crippen molar-refractivity contribution in [1.29, 1.82) is 5.26 Å². The Morgan fingerprint density at radius 3 is 2.50 bits per heavy atom. The predicted molar refractivity (Wildman–Crippen MR) is 78.6 cm³/mol. The number of hydrogen-bond donors (Lipinski definition) is 0. The molecule has 0 bridgehead atoms. The molecule has 2 unspecified atom stereocenters. The molecule has 0 aliphatic rings. The smallest absolute Gasteiger partial charge is 0.373 e. The number of nitriles is 1. The van der Waals surface area contributed by atoms with Crippen molar-refractivity contribution in [2.75, 3.05) is 7.11 Å². The largest absolute Gasteiger partial charge is 0.411 e. The second kappa shape index (κ2) is 6.97. The summed E-state index contributed by atoms with van der Waals surface area (Å²) in [5, 5.41) is 9.81. The molecule has 0 aliphatic carbocycles. The van der Waals surface area contributed by atoms with Crippen LogP contribution in [-0.2, 0) is 16.0 Å². The van der Waals surface area contributed by atoms with Crippen LogP contribution < -0.4 is 0 Å². The molecule has 2 aromatic rings. The van der Waals surface area contributed by atoms with E-state index in [4.69, 9.17) is 10.00 Å². The van der Waals surface area contributed by atoms with Gasteiger partial charge in [0.25, 0.3) is 0 Å². The molecule has 0 saturated heterocycles. The Kier molecular flexibility index (Phi) is 5.20. The van der Waals surface area contributed by atoms with E-state index in [1.54, 1.807) is 24.3 Å². The normalized spacial score (nSPS) is 14.2. The third-order valence-electron chi connectivity index (χ3n) is 3.72. The van der Waals surface area contributed by atoms with Gasteiger partial charge in [-0.2, -0.15) is 18.4 Å². The van der Waals surface area contributed by atoms with Gasteiger partial charge in [-0.3, -0.25) is 4.79 Å². The number of benzene rings is 2. The molecule has 126 valence electrons. The average molecular weight is 339 g/mol. The van der Waals surface area contributed by atoms with Gasteiger partial charge in [0.05, 0.1) is 6.07 Å². The van der Waals surface area contributed by atoms with Crippen LogP contribution in [0.4, 0.5) is 17.6 Å². The summed E-state index contributed by atoms with van der Waals surface area (Å²) in [7, 11) is 1.05. The maximum absolute atomic E-state index is 14.1. The molecule has 24 heavy (non-hydrogen) atoms. The van der Waals surface area contributed by atoms with Gasteiger partial charge in [-0.05, 0) is 22.4 Å². The molecule has 0 radical (unpaired) electrons. The first kappa shape index (κ1) is 17.9. The first-order valence-corrected chi connectivity index (χ1v) is 6.98. The van der Waals surface area contributed by atoms with E-state index in [1.165, 1.54) is 12.1 Å². The number of Topliss-reactive ketones (excluding diaryl/α,β-unsaturated/α-hetero) is 1. The SMILES string of the molecule is COC(Cc1c(F)ccc2ccccc12)C(=O)C(C#N)C(F)(F)F. The highest BCUT2D eigenvalue weighted by Crippen LogP contribution is 2.30. The van der Waals surface area contributed by atoms with Gasteiger partial charge in [0.15, 0.2) is 5.78 Å². The van der Waals surface area contributed by atoms with Crippen LogP contribution in [0.5, 0.6) is 0 Å². The highest BCUT2D eigenvalue weighted by Gasteiger charge is 2.47. The quantitative estimate of drug-likeness (QED) is 0.779. The van der Waals surface area contributed by atoms with Crippen molar-refractivity contribution < 1.29 is 27.1 Å². The maximum Gasteiger partial charge on any atom is 0.411 e. The van der Waals surface area contributed by atoms with E-state index in [9.17, 15) is 22.4 Å². The zero-order valence-electron chi connectivity index (χ0n) is 12.6. The van der Waals surface area contributed by atoms with Crippen LogP contribution in [0.15, 0.2) is 36.4 Å². The number of carbonyl (C=O) groups excluding carboxylic acids is 1. The molecule has 0 aliphatic heterocycles. The summed E-state index contributed by atoms with van der Waals surface area (Å²) in [6.45, 7) is 0. The Labute approximate surface area is 135 Å². The Hall–Kier alpha value is -2.46. The molecule has 2 atom stereocenters. The summed E-state index contributed by atoms with van der Waals surface area (Å²) in [5.41, 5.74) is 0.0761. The molecule has 2 rings (SSSR count). The van der Waals surface area contributed by atoms with Crippen LogP contribution in [-0.4, -0.2) is 25.2 Å². The second-order valence-electron chi connectivity index (χ2n) is 5.18. The molecule has 3 nitrogen and oxygen atoms in total. The molecular weight excluding hydrogens is 326 g/mol. The van der Waals surface area contributed by atoms with Gasteiger partial charge in [-0.1, -0.05) is 30.3 Å². The summed E-state index contributed by atoms with van der Waals surface area (Å²) >= 11 is 0. The molecule has 0 heterocycles. The Bertz CT molecular complexity index is 795. The van der Waals surface area contributed by atoms with Crippen molar-refractivity contribution in [3.63, 3.8) is 0 Å². The minimum absolute atomic E-state index is 0.0761. The lowest BCUT2D eigenvalue weighted by molar-refractivity contribution is -0.175. The standard InChI is InChI=1S/C17H13F4NO2/c1-24-15(16(23)13(9-22)17(19,20)21)8-12-11-5-3-2-4-10(11)6-7-14(12)18/h2-7,13,15H,8H2,1H3. The van der Waals surface area contributed by atoms with Crippen LogP contribution in [0.2, 0.25) is 0 Å². The number of carbonyl (C=O) groups is 1.